The number of benzene rings is 4. The maximum absolute atomic E-state index is 13.2. The van der Waals surface area contributed by atoms with Crippen molar-refractivity contribution in [3.8, 4) is 0 Å². The van der Waals surface area contributed by atoms with Crippen LogP contribution in [0.3, 0.4) is 0 Å². The zero-order valence-corrected chi connectivity index (χ0v) is 26.5. The maximum Gasteiger partial charge on any atom is 0.365 e. The normalized spacial score (nSPS) is 18.8. The van der Waals surface area contributed by atoms with Crippen LogP contribution in [0.2, 0.25) is 0 Å². The Bertz CT molecular complexity index is 1560. The van der Waals surface area contributed by atoms with Crippen LogP contribution in [0.25, 0.3) is 0 Å². The van der Waals surface area contributed by atoms with Gasteiger partial charge in [0, 0.05) is 10.0 Å². The van der Waals surface area contributed by atoms with E-state index in [0.29, 0.717) is 11.7 Å². The molecule has 41 heavy (non-hydrogen) atoms. The van der Waals surface area contributed by atoms with Gasteiger partial charge in [0.15, 0.2) is 4.20 Å². The summed E-state index contributed by atoms with van der Waals surface area (Å²) < 4.78 is 5.17. The molecule has 0 amide bonds. The number of carbonyl (C=O) groups excluding carboxylic acids is 1. The lowest BCUT2D eigenvalue weighted by molar-refractivity contribution is -0.134. The van der Waals surface area contributed by atoms with Crippen molar-refractivity contribution in [2.75, 3.05) is 11.6 Å². The summed E-state index contributed by atoms with van der Waals surface area (Å²) >= 11 is 6.88. The molecule has 4 nitrogen and oxygen atoms in total. The highest BCUT2D eigenvalue weighted by atomic mass is 79.9. The van der Waals surface area contributed by atoms with E-state index in [9.17, 15) is 4.79 Å². The molecule has 7 heteroatoms. The fourth-order valence-electron chi connectivity index (χ4n) is 5.60. The van der Waals surface area contributed by atoms with Crippen molar-refractivity contribution in [3.63, 3.8) is 0 Å². The van der Waals surface area contributed by atoms with Gasteiger partial charge in [-0.3, -0.25) is 0 Å². The number of fused-ring (bicyclic) bond motifs is 2. The molecule has 2 aliphatic heterocycles. The van der Waals surface area contributed by atoms with E-state index in [4.69, 9.17) is 9.84 Å². The molecule has 0 radical (unpaired) electrons. The molecule has 0 N–H and O–H groups in total. The molecule has 0 fully saturated rings. The van der Waals surface area contributed by atoms with Crippen LogP contribution in [0.1, 0.15) is 54.2 Å². The van der Waals surface area contributed by atoms with Crippen LogP contribution in [-0.4, -0.2) is 17.6 Å². The van der Waals surface area contributed by atoms with Crippen molar-refractivity contribution in [1.82, 2.24) is 0 Å². The van der Waals surface area contributed by atoms with Crippen molar-refractivity contribution in [1.29, 1.82) is 0 Å². The molecule has 4 aromatic rings. The summed E-state index contributed by atoms with van der Waals surface area (Å²) in [4.78, 5) is 13.2. The van der Waals surface area contributed by atoms with Gasteiger partial charge in [0.25, 0.3) is 0 Å². The highest BCUT2D eigenvalue weighted by Gasteiger charge is 2.62. The van der Waals surface area contributed by atoms with Crippen LogP contribution < -0.4 is 5.01 Å². The molecule has 2 heterocycles. The van der Waals surface area contributed by atoms with Crippen molar-refractivity contribution in [2.24, 2.45) is 5.10 Å². The number of rotatable bonds is 7. The Hall–Kier alpha value is -3.00. The first-order valence-electron chi connectivity index (χ1n) is 13.9. The Balaban J connectivity index is 1.61. The fraction of sp³-hybridized carbons (Fsp3) is 0.235. The van der Waals surface area contributed by atoms with Crippen LogP contribution >= 0.6 is 39.5 Å². The predicted octanol–water partition coefficient (Wildman–Crippen LogP) is 8.85. The minimum Gasteiger partial charge on any atom is -0.461 e. The van der Waals surface area contributed by atoms with E-state index in [2.05, 4.69) is 103 Å². The third-order valence-corrected chi connectivity index (χ3v) is 11.5. The summed E-state index contributed by atoms with van der Waals surface area (Å²) in [6.07, 6.45) is 1.96. The van der Waals surface area contributed by atoms with Gasteiger partial charge in [0.05, 0.1) is 17.0 Å². The molecule has 208 valence electrons. The number of hydrogen-bond donors (Lipinski definition) is 0. The molecule has 0 bridgehead atoms. The summed E-state index contributed by atoms with van der Waals surface area (Å²) in [7, 11) is 0. The molecule has 0 aromatic heterocycles. The number of aryl methyl sites for hydroxylation is 2. The van der Waals surface area contributed by atoms with Gasteiger partial charge >= 0.3 is 5.97 Å². The van der Waals surface area contributed by atoms with Crippen LogP contribution in [0, 0.1) is 0 Å². The molecule has 0 saturated carbocycles. The highest BCUT2D eigenvalue weighted by molar-refractivity contribution is 9.10. The highest BCUT2D eigenvalue weighted by Crippen LogP contribution is 2.70. The van der Waals surface area contributed by atoms with E-state index in [0.717, 1.165) is 28.6 Å². The molecule has 0 aliphatic carbocycles. The Morgan fingerprint density at radius 2 is 1.37 bits per heavy atom. The monoisotopic (exact) mass is 642 g/mol. The lowest BCUT2D eigenvalue weighted by Crippen LogP contribution is -2.34. The Morgan fingerprint density at radius 1 is 0.805 bits per heavy atom. The summed E-state index contributed by atoms with van der Waals surface area (Å²) in [5.41, 5.74) is 8.24. The lowest BCUT2D eigenvalue weighted by atomic mass is 9.81. The summed E-state index contributed by atoms with van der Waals surface area (Å²) in [5, 5.41) is 7.32. The average molecular weight is 644 g/mol. The quantitative estimate of drug-likeness (QED) is 0.188. The largest absolute Gasteiger partial charge is 0.461 e. The molecule has 0 saturated heterocycles. The average Bonchev–Trinajstić information content (AvgIpc) is 3.55. The standard InChI is InChI=1S/C34H31BrN2O2S2/c1-4-23-11-15-25(16-12-23)33(26-17-13-24(5-2)14-18-26)29-9-7-8-10-30(29)34(41-33)37(28-21-19-27(35)20-22-28)36-31(40-34)32(38)39-6-3/h7-22H,4-6H2,1-3H3/t34-/m0/s1. The van der Waals surface area contributed by atoms with Gasteiger partial charge in [-0.05, 0) is 71.8 Å². The van der Waals surface area contributed by atoms with E-state index in [1.165, 1.54) is 39.6 Å². The number of carbonyl (C=O) groups is 1. The third-order valence-electron chi connectivity index (χ3n) is 7.70. The minimum absolute atomic E-state index is 0.297. The van der Waals surface area contributed by atoms with Gasteiger partial charge in [-0.2, -0.15) is 5.10 Å². The Labute approximate surface area is 258 Å². The summed E-state index contributed by atoms with van der Waals surface area (Å²) in [5.74, 6) is -0.397. The molecule has 4 aromatic carbocycles. The van der Waals surface area contributed by atoms with E-state index < -0.39 is 14.9 Å². The van der Waals surface area contributed by atoms with Gasteiger partial charge in [-0.15, -0.1) is 0 Å². The fourth-order valence-corrected chi connectivity index (χ4v) is 9.42. The summed E-state index contributed by atoms with van der Waals surface area (Å²) in [6, 6.07) is 34.8. The topological polar surface area (TPSA) is 41.9 Å². The molecule has 0 unspecified atom stereocenters. The minimum atomic E-state index is -0.737. The molecular weight excluding hydrogens is 612 g/mol. The zero-order chi connectivity index (χ0) is 28.6. The number of thioether (sulfide) groups is 2. The zero-order valence-electron chi connectivity index (χ0n) is 23.3. The second-order valence-electron chi connectivity index (χ2n) is 10.0. The van der Waals surface area contributed by atoms with E-state index in [-0.39, 0.29) is 0 Å². The van der Waals surface area contributed by atoms with Gasteiger partial charge in [0.2, 0.25) is 5.04 Å². The third kappa shape index (κ3) is 4.72. The molecule has 1 atom stereocenters. The Morgan fingerprint density at radius 3 is 1.90 bits per heavy atom. The number of hydrazone groups is 1. The second kappa shape index (κ2) is 11.3. The number of nitrogens with zero attached hydrogens (tertiary/aromatic N) is 2. The number of ether oxygens (including phenoxy) is 1. The van der Waals surface area contributed by atoms with Gasteiger partial charge < -0.3 is 4.74 Å². The maximum atomic E-state index is 13.2. The van der Waals surface area contributed by atoms with Crippen molar-refractivity contribution in [3.05, 3.63) is 135 Å². The lowest BCUT2D eigenvalue weighted by Gasteiger charge is -2.37. The van der Waals surface area contributed by atoms with Gasteiger partial charge in [-0.25, -0.2) is 9.80 Å². The molecule has 1 spiro atoms. The van der Waals surface area contributed by atoms with Crippen molar-refractivity contribution < 1.29 is 9.53 Å². The smallest absolute Gasteiger partial charge is 0.365 e. The summed E-state index contributed by atoms with van der Waals surface area (Å²) in [6.45, 7) is 6.49. The van der Waals surface area contributed by atoms with Crippen LogP contribution in [0.15, 0.2) is 107 Å². The number of anilines is 1. The van der Waals surface area contributed by atoms with Crippen LogP contribution in [0.5, 0.6) is 0 Å². The first-order valence-corrected chi connectivity index (χ1v) is 16.4. The van der Waals surface area contributed by atoms with Gasteiger partial charge in [-0.1, -0.05) is 126 Å². The predicted molar refractivity (Wildman–Crippen MR) is 176 cm³/mol. The van der Waals surface area contributed by atoms with Gasteiger partial charge in [0.1, 0.15) is 0 Å². The van der Waals surface area contributed by atoms with E-state index in [1.54, 1.807) is 0 Å². The number of esters is 1. The number of hydrogen-bond acceptors (Lipinski definition) is 6. The molecule has 6 rings (SSSR count). The first-order chi connectivity index (χ1) is 19.9. The van der Waals surface area contributed by atoms with Crippen molar-refractivity contribution >= 4 is 56.2 Å². The second-order valence-corrected chi connectivity index (χ2v) is 13.8. The van der Waals surface area contributed by atoms with E-state index >= 15 is 0 Å². The SMILES string of the molecule is CCOC(=O)C1=NN(c2ccc(Br)cc2)[C@@]2(S1)SC(c1ccc(CC)cc1)(c1ccc(CC)cc1)c1ccccc12. The first kappa shape index (κ1) is 28.1. The van der Waals surface area contributed by atoms with Crippen LogP contribution in [0.4, 0.5) is 5.69 Å². The molecule has 2 aliphatic rings. The van der Waals surface area contributed by atoms with Crippen molar-refractivity contribution in [2.45, 2.75) is 42.6 Å². The van der Waals surface area contributed by atoms with E-state index in [1.807, 2.05) is 48.0 Å². The Kier molecular flexibility index (Phi) is 7.79. The van der Waals surface area contributed by atoms with Crippen LogP contribution in [-0.2, 0) is 31.3 Å². The number of halogens is 1. The molecular formula is C34H31BrN2O2S2.